The van der Waals surface area contributed by atoms with E-state index in [-0.39, 0.29) is 73.0 Å². The number of ether oxygens (including phenoxy) is 4. The lowest BCUT2D eigenvalue weighted by Crippen LogP contribution is -2.62. The normalized spacial score (nSPS) is 27.7. The van der Waals surface area contributed by atoms with Crippen LogP contribution in [0.1, 0.15) is 152 Å². The quantitative estimate of drug-likeness (QED) is 0.0694. The maximum absolute atomic E-state index is 15.3. The molecular weight excluding hydrogens is 897 g/mol. The number of aryl methyl sites for hydroxylation is 1. The number of carbonyl (C=O) groups is 2. The molecule has 3 saturated carbocycles. The van der Waals surface area contributed by atoms with Crippen LogP contribution >= 0.6 is 0 Å². The highest BCUT2D eigenvalue weighted by Gasteiger charge is 2.62. The fourth-order valence-corrected chi connectivity index (χ4v) is 13.6. The molecule has 6 aliphatic rings. The summed E-state index contributed by atoms with van der Waals surface area (Å²) in [7, 11) is 1.51. The van der Waals surface area contributed by atoms with Crippen LogP contribution in [0.2, 0.25) is 0 Å². The lowest BCUT2D eigenvalue weighted by molar-refractivity contribution is -0.212. The van der Waals surface area contributed by atoms with Crippen molar-refractivity contribution in [2.45, 2.75) is 139 Å². The molecule has 4 aromatic carbocycles. The van der Waals surface area contributed by atoms with Crippen molar-refractivity contribution < 1.29 is 48.3 Å². The van der Waals surface area contributed by atoms with E-state index in [2.05, 4.69) is 72.8 Å². The van der Waals surface area contributed by atoms with Crippen LogP contribution in [-0.2, 0) is 43.2 Å². The number of aliphatic hydroxyl groups is 3. The van der Waals surface area contributed by atoms with E-state index in [0.717, 1.165) is 68.9 Å². The highest BCUT2D eigenvalue weighted by molar-refractivity contribution is 5.90. The molecule has 2 bridgehead atoms. The molecule has 374 valence electrons. The minimum absolute atomic E-state index is 0.0224. The first kappa shape index (κ1) is 49.0. The number of hydrogen-bond acceptors (Lipinski definition) is 11. The van der Waals surface area contributed by atoms with Crippen LogP contribution in [0.3, 0.4) is 0 Å². The molecule has 9 atom stereocenters. The zero-order valence-electron chi connectivity index (χ0n) is 41.1. The van der Waals surface area contributed by atoms with Crippen molar-refractivity contribution >= 4 is 22.9 Å². The molecule has 0 saturated heterocycles. The average Bonchev–Trinajstić information content (AvgIpc) is 3.88. The smallest absolute Gasteiger partial charge is 0.340 e. The Morgan fingerprint density at radius 2 is 1.62 bits per heavy atom. The van der Waals surface area contributed by atoms with Gasteiger partial charge in [-0.15, -0.1) is 0 Å². The molecule has 0 unspecified atom stereocenters. The lowest BCUT2D eigenvalue weighted by atomic mass is 9.65. The maximum Gasteiger partial charge on any atom is 0.340 e. The van der Waals surface area contributed by atoms with E-state index in [1.165, 1.54) is 23.8 Å². The molecule has 1 aromatic heterocycles. The van der Waals surface area contributed by atoms with Gasteiger partial charge in [-0.3, -0.25) is 4.79 Å². The van der Waals surface area contributed by atoms with E-state index in [9.17, 15) is 20.1 Å². The van der Waals surface area contributed by atoms with Gasteiger partial charge in [0.25, 0.3) is 0 Å². The SMILES string of the molecule is COC[C@@H](CCO)c1c(CO)c2ccc3c(c2oc1=O)[C@H]1OC(=O)C[C@@H]2C[C@@H](c4cccc(Cc5ccccc5)c4)CC[C@@H]2c2ccc(cc2)CC/C(=C(\C)CO)C(=O)O[C@@H]1[C@@]1(CCC[C@H]2CCC[C@@H]21)O3. The van der Waals surface area contributed by atoms with E-state index < -0.39 is 47.9 Å². The predicted molar refractivity (Wildman–Crippen MR) is 269 cm³/mol. The summed E-state index contributed by atoms with van der Waals surface area (Å²) >= 11 is 0. The van der Waals surface area contributed by atoms with E-state index >= 15 is 9.59 Å². The Morgan fingerprint density at radius 1 is 0.817 bits per heavy atom. The highest BCUT2D eigenvalue weighted by Crippen LogP contribution is 2.58. The van der Waals surface area contributed by atoms with Gasteiger partial charge in [-0.2, -0.15) is 0 Å². The summed E-state index contributed by atoms with van der Waals surface area (Å²) in [6, 6.07) is 31.5. The first-order valence-electron chi connectivity index (χ1n) is 26.1. The third-order valence-corrected chi connectivity index (χ3v) is 17.1. The fraction of sp³-hybridized carbons (Fsp3) is 0.483. The standard InChI is InChI=1S/C60H68O11/c1-36(33-62)46-22-18-37-16-19-40(20-17-37)47-23-21-43(42-13-6-11-39(30-42)29-38-9-4-3-5-10-38)31-45(47)32-52(64)68-56-54-51(71-60(57(56)70-58(46)65)27-8-14-41-12-7-15-50(41)60)25-24-48-49(34-63)53(59(66)69-55(48)54)44(26-28-61)35-67-2/h3-6,9-11,13,16-17,19-20,24-25,30,41,43-45,47,50,56-57,61-63H,7-8,12,14-15,18,21-23,26-29,31-35H2,1-2H3/b46-36-/t41-,43+,44-,45+,47-,50+,56-,57+,60+/m1/s1. The molecule has 3 N–H and O–H groups in total. The Bertz CT molecular complexity index is 2810. The third kappa shape index (κ3) is 9.63. The Hall–Kier alpha value is -5.59. The number of hydrogen-bond donors (Lipinski definition) is 3. The zero-order valence-corrected chi connectivity index (χ0v) is 41.1. The predicted octanol–water partition coefficient (Wildman–Crippen LogP) is 10.2. The number of carbonyl (C=O) groups excluding carboxylic acids is 2. The summed E-state index contributed by atoms with van der Waals surface area (Å²) in [5.41, 5.74) is 5.87. The number of aliphatic hydroxyl groups excluding tert-OH is 3. The van der Waals surface area contributed by atoms with Crippen molar-refractivity contribution in [3.05, 3.63) is 157 Å². The van der Waals surface area contributed by atoms with Crippen LogP contribution in [0, 0.1) is 17.8 Å². The molecule has 5 aromatic rings. The average molecular weight is 965 g/mol. The highest BCUT2D eigenvalue weighted by atomic mass is 16.6. The molecule has 4 heterocycles. The van der Waals surface area contributed by atoms with Crippen LogP contribution in [0.25, 0.3) is 11.0 Å². The summed E-state index contributed by atoms with van der Waals surface area (Å²) < 4.78 is 33.0. The minimum Gasteiger partial charge on any atom is -0.482 e. The minimum atomic E-state index is -1.26. The molecule has 0 amide bonds. The van der Waals surface area contributed by atoms with Gasteiger partial charge >= 0.3 is 17.6 Å². The van der Waals surface area contributed by atoms with Crippen LogP contribution in [0.5, 0.6) is 5.75 Å². The van der Waals surface area contributed by atoms with Gasteiger partial charge in [-0.25, -0.2) is 9.59 Å². The van der Waals surface area contributed by atoms with Gasteiger partial charge in [0, 0.05) is 48.5 Å². The number of fused-ring (bicyclic) bond motifs is 13. The summed E-state index contributed by atoms with van der Waals surface area (Å²) in [4.78, 5) is 44.8. The van der Waals surface area contributed by atoms with Gasteiger partial charge < -0.3 is 38.7 Å². The monoisotopic (exact) mass is 964 g/mol. The summed E-state index contributed by atoms with van der Waals surface area (Å²) in [6.45, 7) is 0.769. The van der Waals surface area contributed by atoms with Crippen molar-refractivity contribution in [3.63, 3.8) is 0 Å². The molecule has 3 fully saturated rings. The number of methoxy groups -OCH3 is 1. The Balaban J connectivity index is 1.11. The molecular formula is C60H68O11. The second-order valence-corrected chi connectivity index (χ2v) is 21.1. The number of rotatable bonds is 10. The van der Waals surface area contributed by atoms with Gasteiger partial charge in [0.1, 0.15) is 11.3 Å². The van der Waals surface area contributed by atoms with Crippen molar-refractivity contribution in [2.24, 2.45) is 17.8 Å². The van der Waals surface area contributed by atoms with Gasteiger partial charge in [-0.1, -0.05) is 91.7 Å². The van der Waals surface area contributed by atoms with Gasteiger partial charge in [0.05, 0.1) is 25.4 Å². The molecule has 71 heavy (non-hydrogen) atoms. The summed E-state index contributed by atoms with van der Waals surface area (Å²) in [6.07, 6.45) is 7.34. The number of esters is 2. The largest absolute Gasteiger partial charge is 0.482 e. The zero-order chi connectivity index (χ0) is 49.2. The van der Waals surface area contributed by atoms with E-state index in [1.807, 2.05) is 6.07 Å². The first-order chi connectivity index (χ1) is 34.6. The van der Waals surface area contributed by atoms with Crippen LogP contribution < -0.4 is 10.4 Å². The topological polar surface area (TPSA) is 162 Å². The maximum atomic E-state index is 15.3. The summed E-state index contributed by atoms with van der Waals surface area (Å²) in [5.74, 6) is -0.809. The molecule has 1 spiro atoms. The number of benzene rings is 4. The Labute approximate surface area is 416 Å². The third-order valence-electron chi connectivity index (χ3n) is 17.1. The van der Waals surface area contributed by atoms with E-state index in [0.29, 0.717) is 53.0 Å². The molecule has 11 heteroatoms. The van der Waals surface area contributed by atoms with Crippen LogP contribution in [0.4, 0.5) is 0 Å². The first-order valence-corrected chi connectivity index (χ1v) is 26.1. The van der Waals surface area contributed by atoms with E-state index in [4.69, 9.17) is 23.4 Å². The van der Waals surface area contributed by atoms with Crippen molar-refractivity contribution in [2.75, 3.05) is 26.9 Å². The fourth-order valence-electron chi connectivity index (χ4n) is 13.6. The molecule has 11 rings (SSSR count). The van der Waals surface area contributed by atoms with Gasteiger partial charge in [0.15, 0.2) is 17.8 Å². The molecule has 11 nitrogen and oxygen atoms in total. The second kappa shape index (κ2) is 21.2. The molecule has 3 aliphatic heterocycles. The lowest BCUT2D eigenvalue weighted by Gasteiger charge is -2.53. The van der Waals surface area contributed by atoms with Crippen molar-refractivity contribution in [1.29, 1.82) is 0 Å². The Kier molecular flexibility index (Phi) is 14.7. The van der Waals surface area contributed by atoms with Crippen molar-refractivity contribution in [1.82, 2.24) is 0 Å². The van der Waals surface area contributed by atoms with Crippen molar-refractivity contribution in [3.8, 4) is 5.75 Å². The summed E-state index contributed by atoms with van der Waals surface area (Å²) in [5, 5.41) is 32.1. The Morgan fingerprint density at radius 3 is 2.39 bits per heavy atom. The van der Waals surface area contributed by atoms with Crippen LogP contribution in [-0.4, -0.2) is 65.9 Å². The molecule has 3 aliphatic carbocycles. The van der Waals surface area contributed by atoms with E-state index in [1.54, 1.807) is 19.1 Å². The molecule has 0 radical (unpaired) electrons. The second-order valence-electron chi connectivity index (χ2n) is 21.1. The van der Waals surface area contributed by atoms with Gasteiger partial charge in [-0.05, 0) is 152 Å². The van der Waals surface area contributed by atoms with Crippen LogP contribution in [0.15, 0.2) is 111 Å². The van der Waals surface area contributed by atoms with Gasteiger partial charge in [0.2, 0.25) is 0 Å².